The van der Waals surface area contributed by atoms with Gasteiger partial charge in [-0.1, -0.05) is 0 Å². The van der Waals surface area contributed by atoms with Crippen molar-refractivity contribution in [3.63, 3.8) is 0 Å². The van der Waals surface area contributed by atoms with E-state index < -0.39 is 45.6 Å². The zero-order chi connectivity index (χ0) is 15.4. The molecule has 20 heavy (non-hydrogen) atoms. The molecule has 1 rings (SSSR count). The first kappa shape index (κ1) is 15.1. The van der Waals surface area contributed by atoms with Crippen molar-refractivity contribution in [2.75, 3.05) is 0 Å². The van der Waals surface area contributed by atoms with E-state index in [1.165, 1.54) is 0 Å². The van der Waals surface area contributed by atoms with E-state index in [1.54, 1.807) is 0 Å². The summed E-state index contributed by atoms with van der Waals surface area (Å²) in [6, 6.07) is 1.56. The van der Waals surface area contributed by atoms with Crippen molar-refractivity contribution in [2.45, 2.75) is 13.8 Å². The molecular weight excluding hydrogens is 274 g/mol. The van der Waals surface area contributed by atoms with Crippen LogP contribution in [0.2, 0.25) is 0 Å². The Bertz CT molecular complexity index is 607. The fourth-order valence-corrected chi connectivity index (χ4v) is 1.32. The number of esters is 2. The van der Waals surface area contributed by atoms with Gasteiger partial charge >= 0.3 is 23.6 Å². The second kappa shape index (κ2) is 5.78. The van der Waals surface area contributed by atoms with Crippen LogP contribution in [-0.2, 0) is 9.59 Å². The molecule has 0 aliphatic rings. The van der Waals surface area contributed by atoms with Gasteiger partial charge in [-0.15, -0.1) is 0 Å². The first-order chi connectivity index (χ1) is 9.22. The molecule has 0 saturated carbocycles. The topological polar surface area (TPSA) is 133 Å². The minimum atomic E-state index is -1.46. The lowest BCUT2D eigenvalue weighted by atomic mass is 10.1. The van der Waals surface area contributed by atoms with Gasteiger partial charge in [-0.3, -0.25) is 19.7 Å². The van der Waals surface area contributed by atoms with Crippen LogP contribution in [0.3, 0.4) is 0 Å². The van der Waals surface area contributed by atoms with Gasteiger partial charge in [0.05, 0.1) is 10.5 Å². The Morgan fingerprint density at radius 3 is 2.10 bits per heavy atom. The number of hydrogen-bond acceptors (Lipinski definition) is 7. The van der Waals surface area contributed by atoms with Gasteiger partial charge in [0.25, 0.3) is 5.75 Å². The van der Waals surface area contributed by atoms with Crippen molar-refractivity contribution >= 4 is 23.6 Å². The molecule has 0 fully saturated rings. The highest BCUT2D eigenvalue weighted by atomic mass is 16.6. The van der Waals surface area contributed by atoms with E-state index in [-0.39, 0.29) is 0 Å². The monoisotopic (exact) mass is 283 g/mol. The molecule has 0 aliphatic carbocycles. The van der Waals surface area contributed by atoms with E-state index in [4.69, 9.17) is 5.11 Å². The average Bonchev–Trinajstić information content (AvgIpc) is 2.28. The first-order valence-electron chi connectivity index (χ1n) is 5.15. The van der Waals surface area contributed by atoms with E-state index in [0.29, 0.717) is 6.07 Å². The predicted molar refractivity (Wildman–Crippen MR) is 62.7 cm³/mol. The zero-order valence-corrected chi connectivity index (χ0v) is 10.4. The maximum absolute atomic E-state index is 10.9. The van der Waals surface area contributed by atoms with Crippen LogP contribution < -0.4 is 9.47 Å². The van der Waals surface area contributed by atoms with Crippen LogP contribution in [0.1, 0.15) is 24.2 Å². The number of nitro benzene ring substituents is 1. The number of nitrogens with zero attached hydrogens (tertiary/aromatic N) is 1. The molecular formula is C11H9NO8. The van der Waals surface area contributed by atoms with Gasteiger partial charge in [0.1, 0.15) is 0 Å². The summed E-state index contributed by atoms with van der Waals surface area (Å²) in [5.41, 5.74) is -1.28. The number of benzene rings is 1. The van der Waals surface area contributed by atoms with Crippen molar-refractivity contribution < 1.29 is 33.9 Å². The summed E-state index contributed by atoms with van der Waals surface area (Å²) in [4.78, 5) is 42.7. The van der Waals surface area contributed by atoms with Gasteiger partial charge < -0.3 is 14.6 Å². The van der Waals surface area contributed by atoms with Crippen molar-refractivity contribution in [2.24, 2.45) is 0 Å². The molecule has 0 aliphatic heterocycles. The molecule has 1 aromatic carbocycles. The summed E-state index contributed by atoms with van der Waals surface area (Å²) in [5, 5.41) is 19.7. The number of carbonyl (C=O) groups excluding carboxylic acids is 2. The summed E-state index contributed by atoms with van der Waals surface area (Å²) < 4.78 is 9.27. The maximum Gasteiger partial charge on any atom is 0.336 e. The maximum atomic E-state index is 10.9. The van der Waals surface area contributed by atoms with Crippen LogP contribution in [0.5, 0.6) is 11.5 Å². The molecule has 0 amide bonds. The van der Waals surface area contributed by atoms with Gasteiger partial charge in [0, 0.05) is 19.9 Å². The lowest BCUT2D eigenvalue weighted by Gasteiger charge is -2.09. The molecule has 0 radical (unpaired) electrons. The Morgan fingerprint density at radius 1 is 1.15 bits per heavy atom. The fraction of sp³-hybridized carbons (Fsp3) is 0.182. The van der Waals surface area contributed by atoms with Crippen molar-refractivity contribution in [3.05, 3.63) is 27.8 Å². The van der Waals surface area contributed by atoms with Gasteiger partial charge in [-0.05, 0) is 6.07 Å². The normalized spacial score (nSPS) is 9.70. The number of nitro groups is 1. The molecule has 9 heteroatoms. The lowest BCUT2D eigenvalue weighted by molar-refractivity contribution is -0.385. The predicted octanol–water partition coefficient (Wildman–Crippen LogP) is 1.14. The summed E-state index contributed by atoms with van der Waals surface area (Å²) >= 11 is 0. The minimum absolute atomic E-state index is 0.483. The molecule has 0 spiro atoms. The van der Waals surface area contributed by atoms with E-state index in [1.807, 2.05) is 0 Å². The molecule has 0 bridgehead atoms. The number of ether oxygens (including phenoxy) is 2. The molecule has 9 nitrogen and oxygen atoms in total. The van der Waals surface area contributed by atoms with Crippen LogP contribution in [0, 0.1) is 10.1 Å². The van der Waals surface area contributed by atoms with E-state index >= 15 is 0 Å². The van der Waals surface area contributed by atoms with Crippen molar-refractivity contribution in [1.82, 2.24) is 0 Å². The molecule has 0 atom stereocenters. The SMILES string of the molecule is CC(=O)Oc1cc(C(=O)O)cc([N+](=O)[O-])c1OC(C)=O. The number of hydrogen-bond donors (Lipinski definition) is 1. The number of carboxylic acid groups (broad SMARTS) is 1. The van der Waals surface area contributed by atoms with Crippen LogP contribution >= 0.6 is 0 Å². The van der Waals surface area contributed by atoms with Gasteiger partial charge in [0.2, 0.25) is 0 Å². The van der Waals surface area contributed by atoms with E-state index in [9.17, 15) is 24.5 Å². The Hall–Kier alpha value is -2.97. The van der Waals surface area contributed by atoms with E-state index in [0.717, 1.165) is 19.9 Å². The van der Waals surface area contributed by atoms with Crippen molar-refractivity contribution in [1.29, 1.82) is 0 Å². The van der Waals surface area contributed by atoms with Gasteiger partial charge in [-0.2, -0.15) is 0 Å². The summed E-state index contributed by atoms with van der Waals surface area (Å²) in [7, 11) is 0. The third-order valence-electron chi connectivity index (χ3n) is 1.98. The molecule has 0 aromatic heterocycles. The third kappa shape index (κ3) is 3.51. The fourth-order valence-electron chi connectivity index (χ4n) is 1.32. The molecule has 1 aromatic rings. The van der Waals surface area contributed by atoms with Gasteiger partial charge in [0.15, 0.2) is 5.75 Å². The molecule has 106 valence electrons. The van der Waals surface area contributed by atoms with Crippen molar-refractivity contribution in [3.8, 4) is 11.5 Å². The number of carboxylic acids is 1. The Labute approximate surface area is 111 Å². The van der Waals surface area contributed by atoms with Crippen LogP contribution in [-0.4, -0.2) is 27.9 Å². The highest BCUT2D eigenvalue weighted by Gasteiger charge is 2.26. The molecule has 1 N–H and O–H groups in total. The highest BCUT2D eigenvalue weighted by molar-refractivity contribution is 5.91. The van der Waals surface area contributed by atoms with Gasteiger partial charge in [-0.25, -0.2) is 4.79 Å². The minimum Gasteiger partial charge on any atom is -0.478 e. The highest BCUT2D eigenvalue weighted by Crippen LogP contribution is 2.38. The Kier molecular flexibility index (Phi) is 4.36. The summed E-state index contributed by atoms with van der Waals surface area (Å²) in [5.74, 6) is -4.34. The number of rotatable bonds is 4. The van der Waals surface area contributed by atoms with E-state index in [2.05, 4.69) is 9.47 Å². The lowest BCUT2D eigenvalue weighted by Crippen LogP contribution is -2.10. The third-order valence-corrected chi connectivity index (χ3v) is 1.98. The molecule has 0 saturated heterocycles. The quantitative estimate of drug-likeness (QED) is 0.376. The zero-order valence-electron chi connectivity index (χ0n) is 10.4. The second-order valence-corrected chi connectivity index (χ2v) is 3.57. The Morgan fingerprint density at radius 2 is 1.70 bits per heavy atom. The second-order valence-electron chi connectivity index (χ2n) is 3.57. The summed E-state index contributed by atoms with van der Waals surface area (Å²) in [6.07, 6.45) is 0. The Balaban J connectivity index is 3.56. The van der Waals surface area contributed by atoms with Crippen LogP contribution in [0.15, 0.2) is 12.1 Å². The molecule has 0 heterocycles. The average molecular weight is 283 g/mol. The first-order valence-corrected chi connectivity index (χ1v) is 5.15. The molecule has 0 unspecified atom stereocenters. The summed E-state index contributed by atoms with van der Waals surface area (Å²) in [6.45, 7) is 2.00. The standard InChI is InChI=1S/C11H9NO8/c1-5(13)19-9-4-7(11(15)16)3-8(12(17)18)10(9)20-6(2)14/h3-4H,1-2H3,(H,15,16). The van der Waals surface area contributed by atoms with Crippen LogP contribution in [0.25, 0.3) is 0 Å². The van der Waals surface area contributed by atoms with Crippen LogP contribution in [0.4, 0.5) is 5.69 Å². The number of aromatic carboxylic acids is 1. The smallest absolute Gasteiger partial charge is 0.336 e. The largest absolute Gasteiger partial charge is 0.478 e. The number of carbonyl (C=O) groups is 3.